The second-order valence-corrected chi connectivity index (χ2v) is 14.5. The summed E-state index contributed by atoms with van der Waals surface area (Å²) in [7, 11) is 0. The van der Waals surface area contributed by atoms with Gasteiger partial charge in [0.1, 0.15) is 5.69 Å². The summed E-state index contributed by atoms with van der Waals surface area (Å²) < 4.78 is 2.36. The molecule has 0 amide bonds. The van der Waals surface area contributed by atoms with Crippen LogP contribution in [0, 0.1) is 0 Å². The van der Waals surface area contributed by atoms with Crippen LogP contribution >= 0.6 is 0 Å². The van der Waals surface area contributed by atoms with E-state index in [1.165, 1.54) is 54.9 Å². The van der Waals surface area contributed by atoms with E-state index in [1.54, 1.807) is 0 Å². The predicted molar refractivity (Wildman–Crippen MR) is 224 cm³/mol. The van der Waals surface area contributed by atoms with Crippen LogP contribution in [-0.2, 0) is 6.42 Å². The molecule has 10 aromatic rings. The van der Waals surface area contributed by atoms with E-state index in [1.807, 2.05) is 12.1 Å². The third-order valence-electron chi connectivity index (χ3n) is 11.4. The number of hydrogen-bond acceptors (Lipinski definition) is 2. The summed E-state index contributed by atoms with van der Waals surface area (Å²) in [5, 5.41) is 4.95. The molecule has 3 nitrogen and oxygen atoms in total. The molecule has 0 spiro atoms. The molecule has 0 saturated carbocycles. The number of fused-ring (bicyclic) bond motifs is 9. The van der Waals surface area contributed by atoms with Crippen molar-refractivity contribution < 1.29 is 0 Å². The van der Waals surface area contributed by atoms with Crippen molar-refractivity contribution in [2.45, 2.75) is 18.8 Å². The Morgan fingerprint density at radius 3 is 2.09 bits per heavy atom. The first-order valence-electron chi connectivity index (χ1n) is 18.8. The molecular formula is C51H35N3. The van der Waals surface area contributed by atoms with Gasteiger partial charge >= 0.3 is 0 Å². The molecule has 0 N–H and O–H groups in total. The Morgan fingerprint density at radius 2 is 1.19 bits per heavy atom. The monoisotopic (exact) mass is 689 g/mol. The molecule has 0 saturated heterocycles. The van der Waals surface area contributed by atoms with E-state index in [9.17, 15) is 0 Å². The molecule has 0 aliphatic heterocycles. The molecule has 2 heterocycles. The van der Waals surface area contributed by atoms with Gasteiger partial charge in [0, 0.05) is 22.3 Å². The van der Waals surface area contributed by atoms with Crippen molar-refractivity contribution in [2.24, 2.45) is 0 Å². The SMILES string of the molecule is c1ccc(-c2cccc(-c3nc4ccccc4nc3-n3c4ccc(C5CCc6ccccc6-c6ccccc65)cc4c4c5ccccc5ccc43)c2)cc1. The highest BCUT2D eigenvalue weighted by Gasteiger charge is 2.26. The fraction of sp³-hybridized carbons (Fsp3) is 0.0588. The summed E-state index contributed by atoms with van der Waals surface area (Å²) in [5.41, 5.74) is 15.1. The first-order valence-corrected chi connectivity index (χ1v) is 18.8. The topological polar surface area (TPSA) is 30.7 Å². The second-order valence-electron chi connectivity index (χ2n) is 14.5. The van der Waals surface area contributed by atoms with Crippen LogP contribution in [0.4, 0.5) is 0 Å². The molecular weight excluding hydrogens is 655 g/mol. The lowest BCUT2D eigenvalue weighted by atomic mass is 9.85. The number of hydrogen-bond donors (Lipinski definition) is 0. The van der Waals surface area contributed by atoms with Crippen molar-refractivity contribution >= 4 is 43.6 Å². The number of para-hydroxylation sites is 2. The lowest BCUT2D eigenvalue weighted by molar-refractivity contribution is 0.727. The van der Waals surface area contributed by atoms with Crippen LogP contribution in [0.2, 0.25) is 0 Å². The molecule has 2 aromatic heterocycles. The van der Waals surface area contributed by atoms with E-state index in [0.29, 0.717) is 0 Å². The second kappa shape index (κ2) is 12.4. The van der Waals surface area contributed by atoms with Crippen LogP contribution in [0.5, 0.6) is 0 Å². The number of aromatic nitrogens is 3. The number of benzene rings is 8. The van der Waals surface area contributed by atoms with E-state index in [2.05, 4.69) is 174 Å². The average molecular weight is 690 g/mol. The van der Waals surface area contributed by atoms with E-state index in [4.69, 9.17) is 9.97 Å². The van der Waals surface area contributed by atoms with Crippen LogP contribution in [0.15, 0.2) is 182 Å². The number of rotatable bonds is 4. The first-order chi connectivity index (χ1) is 26.8. The van der Waals surface area contributed by atoms with Crippen molar-refractivity contribution in [3.63, 3.8) is 0 Å². The third kappa shape index (κ3) is 4.89. The highest BCUT2D eigenvalue weighted by atomic mass is 15.1. The molecule has 11 rings (SSSR count). The predicted octanol–water partition coefficient (Wildman–Crippen LogP) is 13.0. The summed E-state index contributed by atoms with van der Waals surface area (Å²) in [4.78, 5) is 10.8. The molecule has 1 aliphatic rings. The van der Waals surface area contributed by atoms with Gasteiger partial charge in [-0.2, -0.15) is 0 Å². The third-order valence-corrected chi connectivity index (χ3v) is 11.4. The van der Waals surface area contributed by atoms with E-state index < -0.39 is 0 Å². The largest absolute Gasteiger partial charge is 0.292 e. The molecule has 1 atom stereocenters. The van der Waals surface area contributed by atoms with Crippen molar-refractivity contribution in [3.8, 4) is 39.3 Å². The minimum atomic E-state index is 0.267. The van der Waals surface area contributed by atoms with Crippen LogP contribution in [0.1, 0.15) is 29.0 Å². The standard InChI is InChI=1S/C51H35N3/c1-2-13-33(14-3-1)36-17-12-18-38(31-36)50-51(53-46-24-11-10-23-45(46)52-50)54-47-29-27-37(32-44(47)49-41-20-7-5-16-35(41)26-30-48(49)54)40-28-25-34-15-4-6-19-39(34)42-21-8-9-22-43(40)42/h1-24,26-27,29-32,40H,25,28H2. The van der Waals surface area contributed by atoms with Crippen LogP contribution in [-0.4, -0.2) is 14.5 Å². The molecule has 8 aromatic carbocycles. The molecule has 54 heavy (non-hydrogen) atoms. The van der Waals surface area contributed by atoms with Gasteiger partial charge in [-0.3, -0.25) is 4.57 Å². The summed E-state index contributed by atoms with van der Waals surface area (Å²) in [5.74, 6) is 1.10. The minimum absolute atomic E-state index is 0.267. The first kappa shape index (κ1) is 30.8. The molecule has 0 bridgehead atoms. The summed E-state index contributed by atoms with van der Waals surface area (Å²) in [6.45, 7) is 0. The Kier molecular flexibility index (Phi) is 7.06. The molecule has 1 aliphatic carbocycles. The zero-order chi connectivity index (χ0) is 35.6. The van der Waals surface area contributed by atoms with E-state index in [0.717, 1.165) is 57.5 Å². The minimum Gasteiger partial charge on any atom is -0.292 e. The smallest absolute Gasteiger partial charge is 0.165 e. The zero-order valence-corrected chi connectivity index (χ0v) is 29.7. The van der Waals surface area contributed by atoms with Gasteiger partial charge in [0.05, 0.1) is 22.1 Å². The quantitative estimate of drug-likeness (QED) is 0.184. The average Bonchev–Trinajstić information content (AvgIpc) is 3.48. The maximum atomic E-state index is 5.45. The lowest BCUT2D eigenvalue weighted by Gasteiger charge is -2.19. The molecule has 0 radical (unpaired) electrons. The molecule has 3 heteroatoms. The fourth-order valence-corrected chi connectivity index (χ4v) is 8.92. The Labute approximate surface area is 313 Å². The van der Waals surface area contributed by atoms with Crippen LogP contribution in [0.3, 0.4) is 0 Å². The Balaban J connectivity index is 1.18. The van der Waals surface area contributed by atoms with Gasteiger partial charge < -0.3 is 0 Å². The number of aryl methyl sites for hydroxylation is 1. The van der Waals surface area contributed by atoms with Gasteiger partial charge in [0.15, 0.2) is 5.82 Å². The fourth-order valence-electron chi connectivity index (χ4n) is 8.92. The van der Waals surface area contributed by atoms with E-state index >= 15 is 0 Å². The Bertz CT molecular complexity index is 3060. The highest BCUT2D eigenvalue weighted by molar-refractivity contribution is 6.21. The van der Waals surface area contributed by atoms with E-state index in [-0.39, 0.29) is 5.92 Å². The van der Waals surface area contributed by atoms with Crippen LogP contribution in [0.25, 0.3) is 82.9 Å². The molecule has 254 valence electrons. The van der Waals surface area contributed by atoms with Crippen molar-refractivity contribution in [1.82, 2.24) is 14.5 Å². The van der Waals surface area contributed by atoms with Gasteiger partial charge in [-0.05, 0) is 99.0 Å². The Hall–Kier alpha value is -6.84. The van der Waals surface area contributed by atoms with Gasteiger partial charge in [-0.25, -0.2) is 9.97 Å². The van der Waals surface area contributed by atoms with Crippen molar-refractivity contribution in [2.75, 3.05) is 0 Å². The van der Waals surface area contributed by atoms with Gasteiger partial charge in [-0.1, -0.05) is 146 Å². The van der Waals surface area contributed by atoms with Crippen molar-refractivity contribution in [1.29, 1.82) is 0 Å². The lowest BCUT2D eigenvalue weighted by Crippen LogP contribution is -2.04. The normalized spacial score (nSPS) is 14.0. The maximum Gasteiger partial charge on any atom is 0.165 e. The van der Waals surface area contributed by atoms with Crippen LogP contribution < -0.4 is 0 Å². The highest BCUT2D eigenvalue weighted by Crippen LogP contribution is 2.44. The summed E-state index contributed by atoms with van der Waals surface area (Å²) >= 11 is 0. The van der Waals surface area contributed by atoms with Crippen molar-refractivity contribution in [3.05, 3.63) is 199 Å². The number of nitrogens with zero attached hydrogens (tertiary/aromatic N) is 3. The van der Waals surface area contributed by atoms with Gasteiger partial charge in [-0.15, -0.1) is 0 Å². The summed E-state index contributed by atoms with van der Waals surface area (Å²) in [6, 6.07) is 65.9. The summed E-state index contributed by atoms with van der Waals surface area (Å²) in [6.07, 6.45) is 2.09. The van der Waals surface area contributed by atoms with Gasteiger partial charge in [0.2, 0.25) is 0 Å². The molecule has 0 fully saturated rings. The molecule has 1 unspecified atom stereocenters. The van der Waals surface area contributed by atoms with Gasteiger partial charge in [0.25, 0.3) is 0 Å². The maximum absolute atomic E-state index is 5.45. The Morgan fingerprint density at radius 1 is 0.481 bits per heavy atom. The zero-order valence-electron chi connectivity index (χ0n) is 29.7.